The molecule has 1 atom stereocenters. The molecule has 0 spiro atoms. The Hall–Kier alpha value is -3.65. The second-order valence-electron chi connectivity index (χ2n) is 8.13. The molecular formula is C24H24N4O4. The molecule has 164 valence electrons. The van der Waals surface area contributed by atoms with E-state index in [9.17, 15) is 9.59 Å². The molecule has 1 aromatic heterocycles. The largest absolute Gasteiger partial charge is 0.419 e. The van der Waals surface area contributed by atoms with E-state index in [0.29, 0.717) is 36.9 Å². The summed E-state index contributed by atoms with van der Waals surface area (Å²) in [6, 6.07) is 14.8. The fraction of sp³-hybridized carbons (Fsp3) is 0.292. The van der Waals surface area contributed by atoms with Crippen LogP contribution in [0.2, 0.25) is 0 Å². The standard InChI is InChI=1S/C24H24N4O4/c1-16-12-26(24(30)32-21-6-4-3-5-7-21)23-10-18(8-9-22(23)28(16)17(2)29)19-11-25-27(13-19)20-14-31-15-20/h3-11,13,16,20H,12,14-15H2,1-2H3. The van der Waals surface area contributed by atoms with Crippen molar-refractivity contribution in [2.75, 3.05) is 29.6 Å². The number of hydrogen-bond donors (Lipinski definition) is 0. The third kappa shape index (κ3) is 3.62. The maximum absolute atomic E-state index is 13.1. The highest BCUT2D eigenvalue weighted by atomic mass is 16.6. The van der Waals surface area contributed by atoms with Crippen molar-refractivity contribution >= 4 is 23.4 Å². The molecule has 5 rings (SSSR count). The lowest BCUT2D eigenvalue weighted by Crippen LogP contribution is -2.52. The van der Waals surface area contributed by atoms with Crippen LogP contribution in [0.5, 0.6) is 5.75 Å². The van der Waals surface area contributed by atoms with Gasteiger partial charge in [0.1, 0.15) is 5.75 Å². The summed E-state index contributed by atoms with van der Waals surface area (Å²) in [4.78, 5) is 28.8. The molecule has 1 fully saturated rings. The van der Waals surface area contributed by atoms with Gasteiger partial charge in [0, 0.05) is 25.2 Å². The Balaban J connectivity index is 1.51. The Bertz CT molecular complexity index is 1160. The summed E-state index contributed by atoms with van der Waals surface area (Å²) in [7, 11) is 0. The van der Waals surface area contributed by atoms with Crippen molar-refractivity contribution in [2.24, 2.45) is 0 Å². The van der Waals surface area contributed by atoms with E-state index >= 15 is 0 Å². The first-order valence-corrected chi connectivity index (χ1v) is 10.6. The van der Waals surface area contributed by atoms with E-state index < -0.39 is 6.09 Å². The zero-order chi connectivity index (χ0) is 22.2. The molecule has 1 unspecified atom stereocenters. The van der Waals surface area contributed by atoms with Gasteiger partial charge in [0.05, 0.1) is 42.9 Å². The van der Waals surface area contributed by atoms with Crippen molar-refractivity contribution in [2.45, 2.75) is 25.9 Å². The van der Waals surface area contributed by atoms with E-state index in [-0.39, 0.29) is 18.0 Å². The molecule has 2 amide bonds. The molecule has 0 radical (unpaired) electrons. The minimum Gasteiger partial charge on any atom is -0.410 e. The molecule has 2 aliphatic heterocycles. The third-order valence-electron chi connectivity index (χ3n) is 5.85. The molecule has 0 saturated carbocycles. The summed E-state index contributed by atoms with van der Waals surface area (Å²) in [6.45, 7) is 5.12. The van der Waals surface area contributed by atoms with Gasteiger partial charge in [0.2, 0.25) is 5.91 Å². The fourth-order valence-corrected chi connectivity index (χ4v) is 4.16. The minimum absolute atomic E-state index is 0.0691. The van der Waals surface area contributed by atoms with E-state index in [0.717, 1.165) is 11.1 Å². The Morgan fingerprint density at radius 3 is 2.53 bits per heavy atom. The lowest BCUT2D eigenvalue weighted by atomic mass is 10.0. The summed E-state index contributed by atoms with van der Waals surface area (Å²) in [5, 5.41) is 4.46. The van der Waals surface area contributed by atoms with Gasteiger partial charge >= 0.3 is 6.09 Å². The summed E-state index contributed by atoms with van der Waals surface area (Å²) < 4.78 is 12.8. The van der Waals surface area contributed by atoms with Crippen LogP contribution in [0.3, 0.4) is 0 Å². The normalized spacial score (nSPS) is 18.1. The second-order valence-corrected chi connectivity index (χ2v) is 8.13. The van der Waals surface area contributed by atoms with Gasteiger partial charge in [-0.3, -0.25) is 14.4 Å². The number of fused-ring (bicyclic) bond motifs is 1. The molecule has 2 aliphatic rings. The summed E-state index contributed by atoms with van der Waals surface area (Å²) in [5.41, 5.74) is 3.16. The topological polar surface area (TPSA) is 76.9 Å². The molecule has 8 heteroatoms. The molecular weight excluding hydrogens is 408 g/mol. The lowest BCUT2D eigenvalue weighted by Gasteiger charge is -2.40. The monoisotopic (exact) mass is 432 g/mol. The zero-order valence-corrected chi connectivity index (χ0v) is 18.0. The molecule has 0 bridgehead atoms. The predicted molar refractivity (Wildman–Crippen MR) is 120 cm³/mol. The highest BCUT2D eigenvalue weighted by Crippen LogP contribution is 2.39. The van der Waals surface area contributed by atoms with Gasteiger partial charge in [-0.05, 0) is 36.8 Å². The van der Waals surface area contributed by atoms with Crippen molar-refractivity contribution < 1.29 is 19.1 Å². The maximum atomic E-state index is 13.1. The second kappa shape index (κ2) is 8.12. The van der Waals surface area contributed by atoms with Crippen LogP contribution >= 0.6 is 0 Å². The van der Waals surface area contributed by atoms with Gasteiger partial charge in [-0.25, -0.2) is 4.79 Å². The van der Waals surface area contributed by atoms with E-state index in [4.69, 9.17) is 9.47 Å². The number of nitrogens with zero attached hydrogens (tertiary/aromatic N) is 4. The van der Waals surface area contributed by atoms with Crippen LogP contribution in [0.15, 0.2) is 60.9 Å². The number of amides is 2. The molecule has 1 saturated heterocycles. The van der Waals surface area contributed by atoms with Crippen LogP contribution < -0.4 is 14.5 Å². The smallest absolute Gasteiger partial charge is 0.410 e. The summed E-state index contributed by atoms with van der Waals surface area (Å²) >= 11 is 0. The third-order valence-corrected chi connectivity index (χ3v) is 5.85. The van der Waals surface area contributed by atoms with E-state index in [1.807, 2.05) is 54.2 Å². The van der Waals surface area contributed by atoms with Crippen LogP contribution in [0.4, 0.5) is 16.2 Å². The number of ether oxygens (including phenoxy) is 2. The quantitative estimate of drug-likeness (QED) is 0.628. The van der Waals surface area contributed by atoms with Gasteiger partial charge in [0.25, 0.3) is 0 Å². The van der Waals surface area contributed by atoms with Crippen molar-refractivity contribution in [3.8, 4) is 16.9 Å². The number of aromatic nitrogens is 2. The summed E-state index contributed by atoms with van der Waals surface area (Å²) in [5.74, 6) is 0.404. The van der Waals surface area contributed by atoms with Crippen LogP contribution in [0, 0.1) is 0 Å². The highest BCUT2D eigenvalue weighted by molar-refractivity contribution is 6.03. The van der Waals surface area contributed by atoms with E-state index in [1.165, 1.54) is 6.92 Å². The maximum Gasteiger partial charge on any atom is 0.419 e. The molecule has 3 aromatic rings. The number of hydrogen-bond acceptors (Lipinski definition) is 5. The first kappa shape index (κ1) is 20.3. The van der Waals surface area contributed by atoms with Gasteiger partial charge in [-0.1, -0.05) is 24.3 Å². The number of carbonyl (C=O) groups excluding carboxylic acids is 2. The van der Waals surface area contributed by atoms with Gasteiger partial charge in [-0.15, -0.1) is 0 Å². The van der Waals surface area contributed by atoms with Crippen LogP contribution in [0.1, 0.15) is 19.9 Å². The molecule has 2 aromatic carbocycles. The first-order chi connectivity index (χ1) is 15.5. The zero-order valence-electron chi connectivity index (χ0n) is 18.0. The number of carbonyl (C=O) groups is 2. The summed E-state index contributed by atoms with van der Waals surface area (Å²) in [6.07, 6.45) is 3.31. The van der Waals surface area contributed by atoms with Gasteiger partial charge < -0.3 is 14.4 Å². The van der Waals surface area contributed by atoms with Crippen molar-refractivity contribution in [3.63, 3.8) is 0 Å². The number of para-hydroxylation sites is 1. The van der Waals surface area contributed by atoms with Crippen LogP contribution in [-0.2, 0) is 9.53 Å². The first-order valence-electron chi connectivity index (χ1n) is 10.6. The molecule has 0 N–H and O–H groups in total. The Kier molecular flexibility index (Phi) is 5.14. The number of anilines is 2. The predicted octanol–water partition coefficient (Wildman–Crippen LogP) is 3.88. The molecule has 3 heterocycles. The average Bonchev–Trinajstić information content (AvgIpc) is 3.21. The molecule has 32 heavy (non-hydrogen) atoms. The van der Waals surface area contributed by atoms with E-state index in [1.54, 1.807) is 28.1 Å². The average molecular weight is 432 g/mol. The van der Waals surface area contributed by atoms with Crippen molar-refractivity contribution in [1.82, 2.24) is 9.78 Å². The van der Waals surface area contributed by atoms with Crippen molar-refractivity contribution in [3.05, 3.63) is 60.9 Å². The van der Waals surface area contributed by atoms with E-state index in [2.05, 4.69) is 5.10 Å². The molecule has 0 aliphatic carbocycles. The highest BCUT2D eigenvalue weighted by Gasteiger charge is 2.35. The van der Waals surface area contributed by atoms with Gasteiger partial charge in [0.15, 0.2) is 0 Å². The Labute approximate surface area is 185 Å². The van der Waals surface area contributed by atoms with Crippen LogP contribution in [0.25, 0.3) is 11.1 Å². The SMILES string of the molecule is CC(=O)N1c2ccc(-c3cnn(C4COC4)c3)cc2N(C(=O)Oc2ccccc2)CC1C. The fourth-order valence-electron chi connectivity index (χ4n) is 4.16. The number of rotatable bonds is 3. The molecule has 8 nitrogen and oxygen atoms in total. The van der Waals surface area contributed by atoms with Crippen molar-refractivity contribution in [1.29, 1.82) is 0 Å². The van der Waals surface area contributed by atoms with Gasteiger partial charge in [-0.2, -0.15) is 5.10 Å². The minimum atomic E-state index is -0.480. The number of benzene rings is 2. The van der Waals surface area contributed by atoms with Crippen LogP contribution in [-0.4, -0.2) is 47.6 Å². The Morgan fingerprint density at radius 2 is 1.84 bits per heavy atom. The lowest BCUT2D eigenvalue weighted by molar-refractivity contribution is -0.117. The Morgan fingerprint density at radius 1 is 1.06 bits per heavy atom.